The number of esters is 3. The Bertz CT molecular complexity index is 3420. The van der Waals surface area contributed by atoms with Gasteiger partial charge in [0.15, 0.2) is 5.78 Å². The molecule has 0 aliphatic heterocycles. The zero-order valence-electron chi connectivity index (χ0n) is 73.7. The minimum Gasteiger partial charge on any atom is -0.480 e. The van der Waals surface area contributed by atoms with Gasteiger partial charge in [-0.25, -0.2) is 14.4 Å². The number of hydrogen-bond acceptors (Lipinski definition) is 38. The third kappa shape index (κ3) is 93.6. The molecule has 48 nitrogen and oxygen atoms in total. The Kier molecular flexibility index (Phi) is 87.3. The molecular formula is C78H129N13O35S3. The van der Waals surface area contributed by atoms with Crippen LogP contribution in [0, 0.1) is 0 Å². The van der Waals surface area contributed by atoms with Crippen LogP contribution >= 0.6 is 35.3 Å². The summed E-state index contributed by atoms with van der Waals surface area (Å²) in [5, 5.41) is 90.6. The van der Waals surface area contributed by atoms with Crippen molar-refractivity contribution in [2.45, 2.75) is 200 Å². The number of ether oxygens (including phenoxy) is 3. The molecule has 0 heterocycles. The second kappa shape index (κ2) is 81.8. The molecule has 0 aliphatic rings. The van der Waals surface area contributed by atoms with Crippen LogP contribution in [0.5, 0.6) is 0 Å². The van der Waals surface area contributed by atoms with Gasteiger partial charge in [0.2, 0.25) is 38.7 Å². The van der Waals surface area contributed by atoms with Crippen LogP contribution in [0.3, 0.4) is 0 Å². The zero-order valence-corrected chi connectivity index (χ0v) is 76.2. The summed E-state index contributed by atoms with van der Waals surface area (Å²) in [6, 6.07) is -9.66. The average Bonchev–Trinajstić information content (AvgIpc) is 0.971. The second-order valence-electron chi connectivity index (χ2n) is 26.5. The number of rotatable bonds is 50. The van der Waals surface area contributed by atoms with Crippen molar-refractivity contribution in [1.29, 1.82) is 0 Å². The maximum absolute atomic E-state index is 11.0. The van der Waals surface area contributed by atoms with E-state index in [0.29, 0.717) is 77.0 Å². The van der Waals surface area contributed by atoms with Crippen LogP contribution in [0.15, 0.2) is 97.2 Å². The van der Waals surface area contributed by atoms with Gasteiger partial charge < -0.3 is 139 Å². The topological polar surface area (TPSA) is 902 Å². The van der Waals surface area contributed by atoms with Gasteiger partial charge in [-0.2, -0.15) is 0 Å². The molecule has 0 rings (SSSR count). The van der Waals surface area contributed by atoms with Crippen LogP contribution in [0.2, 0.25) is 0 Å². The van der Waals surface area contributed by atoms with E-state index in [-0.39, 0.29) is 128 Å². The van der Waals surface area contributed by atoms with Crippen molar-refractivity contribution in [2.75, 3.05) is 56.7 Å². The zero-order chi connectivity index (χ0) is 104. The van der Waals surface area contributed by atoms with E-state index in [0.717, 1.165) is 49.1 Å². The van der Waals surface area contributed by atoms with Gasteiger partial charge in [0.25, 0.3) is 5.91 Å². The molecule has 33 N–H and O–H groups in total. The van der Waals surface area contributed by atoms with Gasteiger partial charge in [0, 0.05) is 85.9 Å². The lowest BCUT2D eigenvalue weighted by Crippen LogP contribution is -2.42. The lowest BCUT2D eigenvalue weighted by Gasteiger charge is -2.07. The number of aliphatic carboxylic acids is 10. The third-order valence-electron chi connectivity index (χ3n) is 13.6. The van der Waals surface area contributed by atoms with Gasteiger partial charge in [-0.15, -0.1) is 0 Å². The molecular weight excluding hydrogens is 1780 g/mol. The molecule has 3 amide bonds. The molecule has 0 aromatic carbocycles. The monoisotopic (exact) mass is 1900 g/mol. The predicted molar refractivity (Wildman–Crippen MR) is 476 cm³/mol. The summed E-state index contributed by atoms with van der Waals surface area (Å²) in [6.45, 7) is 42.2. The fraction of sp³-hybridized carbons (Fsp3) is 0.513. The number of allylic oxidation sites excluding steroid dienone is 1. The highest BCUT2D eigenvalue weighted by Gasteiger charge is 2.21. The number of nitrogens with two attached hydrogens (primary N) is 10. The Balaban J connectivity index is -0.000000153. The molecule has 0 radical (unpaired) electrons. The molecule has 0 saturated heterocycles. The molecule has 10 unspecified atom stereocenters. The maximum Gasteiger partial charge on any atom is 0.374 e. The van der Waals surface area contributed by atoms with E-state index in [2.05, 4.69) is 82.8 Å². The van der Waals surface area contributed by atoms with Crippen molar-refractivity contribution in [3.63, 3.8) is 0 Å². The number of carboxylic acids is 10. The summed E-state index contributed by atoms with van der Waals surface area (Å²) in [6.07, 6.45) is 3.20. The molecule has 0 spiro atoms. The second-order valence-corrected chi connectivity index (χ2v) is 29.6. The number of hydrogen-bond donors (Lipinski definition) is 23. The van der Waals surface area contributed by atoms with E-state index in [9.17, 15) is 105 Å². The Hall–Kier alpha value is -11.9. The van der Waals surface area contributed by atoms with Crippen LogP contribution in [0.1, 0.15) is 140 Å². The maximum atomic E-state index is 11.0. The number of carbonyl (C=O) groups is 22. The minimum atomic E-state index is -1.20. The van der Waals surface area contributed by atoms with Crippen LogP contribution in [0.25, 0.3) is 0 Å². The van der Waals surface area contributed by atoms with Crippen molar-refractivity contribution in [3.8, 4) is 0 Å². The van der Waals surface area contributed by atoms with Crippen LogP contribution in [-0.2, 0) is 120 Å². The van der Waals surface area contributed by atoms with Gasteiger partial charge >= 0.3 is 77.6 Å². The lowest BCUT2D eigenvalue weighted by molar-refractivity contribution is -0.153. The number of ketones is 3. The highest BCUT2D eigenvalue weighted by atomic mass is 32.2. The minimum absolute atomic E-state index is 0.000833. The number of carboxylic acid groups (broad SMARTS) is 10. The smallest absolute Gasteiger partial charge is 0.374 e. The first-order chi connectivity index (χ1) is 59.0. The summed E-state index contributed by atoms with van der Waals surface area (Å²) in [7, 11) is 0. The molecule has 0 aliphatic carbocycles. The van der Waals surface area contributed by atoms with Crippen molar-refractivity contribution in [3.05, 3.63) is 97.2 Å². The summed E-state index contributed by atoms with van der Waals surface area (Å²) >= 11 is 3.08. The summed E-state index contributed by atoms with van der Waals surface area (Å²) in [5.41, 5.74) is 54.8. The van der Waals surface area contributed by atoms with Crippen LogP contribution in [0.4, 0.5) is 0 Å². The van der Waals surface area contributed by atoms with Gasteiger partial charge in [0.05, 0.1) is 13.2 Å². The van der Waals surface area contributed by atoms with Gasteiger partial charge in [-0.05, 0) is 135 Å². The van der Waals surface area contributed by atoms with E-state index < -0.39 is 155 Å². The first-order valence-electron chi connectivity index (χ1n) is 37.5. The molecule has 0 bridgehead atoms. The first kappa shape index (κ1) is 138. The highest BCUT2D eigenvalue weighted by Crippen LogP contribution is 2.13. The fourth-order valence-corrected chi connectivity index (χ4v) is 7.90. The Morgan fingerprint density at radius 2 is 0.597 bits per heavy atom. The SMILES string of the molecule is C=C(C)C(=O)CCC(N)C(=O)O.C=C(C)C(=O)NCC(N)C(=O)O.C=C(C)C(=O)NCCC(N)C(=O)O.C=C(C)C(=O)OCC(N)C(=O)O.C=C(C)C(=O)OCCC(N)C(=O)O.C=C(C)C(=O)SCC(N)C(=O)O.C=C(C)C(=O)SCCC(N)C(=O)O.C=C(C)C(=O)SCCCC(N)C(=O)O.CC(=O)C(=O)NCCCC(N)C(=O)O.CC(=O)C(=O)OCCCC(N)C(=O)O. The normalized spacial score (nSPS) is 12.0. The summed E-state index contributed by atoms with van der Waals surface area (Å²) < 4.78 is 13.6. The standard InChI is InChI=1S/C9H15NO3S.C8H14N2O4.C8H14N2O3.C8H13NO5.C8H13NO4.C8H13NO3S.C8H13NO3.C7H12N2O3.C7H11NO4.C7H11NO3S/c1-6(2)9(13)14-5-3-4-7(10)8(11)12;1-5(11)7(12)10-4-2-3-6(9)8(13)14;1-5(2)7(11)10-4-3-6(9)8(12)13;1-5(10)8(13)14-4-2-3-6(9)7(11)12;2*1-5(2)8(12)13-4-3-6(9)7(10)11;1-5(2)7(10)4-3-6(9)8(11)12;1-4(2)6(10)9-3-5(8)7(11)12;2*1-4(2)7(11)12-3-5(8)6(9)10/h7H,1,3-5,10H2,2H3,(H,11,12);6H,2-4,9H2,1H3,(H,10,12)(H,13,14);6H,1,3-4,9H2,2H3,(H,10,11)(H,12,13);6H,2-4,9H2,1H3,(H,11,12);2*6H,1,3-4,9H2,2H3,(H,10,11);6H,1,3-4,9H2,2H3,(H,11,12);5H,1,3,8H2,2H3,(H,9,10)(H,11,12);2*5H,1,3,8H2,2H3,(H,9,10). The predicted octanol–water partition coefficient (Wildman–Crippen LogP) is -1.61. The van der Waals surface area contributed by atoms with Crippen molar-refractivity contribution < 1.29 is 171 Å². The van der Waals surface area contributed by atoms with Gasteiger partial charge in [-0.3, -0.25) is 91.1 Å². The van der Waals surface area contributed by atoms with E-state index in [1.165, 1.54) is 20.8 Å². The van der Waals surface area contributed by atoms with E-state index >= 15 is 0 Å². The van der Waals surface area contributed by atoms with Crippen LogP contribution in [-0.4, -0.2) is 296 Å². The number of thioether (sulfide) groups is 3. The molecule has 10 atom stereocenters. The Labute approximate surface area is 758 Å². The lowest BCUT2D eigenvalue weighted by atomic mass is 10.1. The first-order valence-corrected chi connectivity index (χ1v) is 40.4. The highest BCUT2D eigenvalue weighted by molar-refractivity contribution is 8.14. The molecule has 129 heavy (non-hydrogen) atoms. The molecule has 0 aromatic rings. The van der Waals surface area contributed by atoms with Gasteiger partial charge in [0.1, 0.15) is 67.0 Å². The Morgan fingerprint density at radius 3 is 0.953 bits per heavy atom. The average molecular weight is 1910 g/mol. The number of carbonyl (C=O) groups excluding carboxylic acids is 12. The molecule has 51 heteroatoms. The Morgan fingerprint density at radius 1 is 0.279 bits per heavy atom. The van der Waals surface area contributed by atoms with Crippen molar-refractivity contribution in [1.82, 2.24) is 16.0 Å². The summed E-state index contributed by atoms with van der Waals surface area (Å²) in [4.78, 5) is 232. The molecule has 0 saturated carbocycles. The number of nitrogens with one attached hydrogen (secondary N) is 3. The molecule has 0 aromatic heterocycles. The van der Waals surface area contributed by atoms with E-state index in [4.69, 9.17) is 108 Å². The van der Waals surface area contributed by atoms with Gasteiger partial charge in [-0.1, -0.05) is 87.9 Å². The molecule has 734 valence electrons. The van der Waals surface area contributed by atoms with Crippen molar-refractivity contribution >= 4 is 163 Å². The number of Topliss-reactive ketones (excluding diaryl/α,β-unsaturated/α-hetero) is 3. The third-order valence-corrected chi connectivity index (χ3v) is 16.8. The van der Waals surface area contributed by atoms with Crippen molar-refractivity contribution in [2.24, 2.45) is 57.3 Å². The molecule has 0 fully saturated rings. The number of amides is 3. The van der Waals surface area contributed by atoms with E-state index in [1.54, 1.807) is 34.6 Å². The fourth-order valence-electron chi connectivity index (χ4n) is 5.63. The van der Waals surface area contributed by atoms with E-state index in [1.807, 2.05) is 0 Å². The summed E-state index contributed by atoms with van der Waals surface area (Å²) in [5.74, 6) is -14.6. The largest absolute Gasteiger partial charge is 0.480 e. The quantitative estimate of drug-likeness (QED) is 0.0107. The van der Waals surface area contributed by atoms with Crippen LogP contribution < -0.4 is 73.3 Å².